The third-order valence-corrected chi connectivity index (χ3v) is 5.36. The molecular formula is C11H14ClFN2O2S. The second kappa shape index (κ2) is 5.13. The average Bonchev–Trinajstić information content (AvgIpc) is 2.29. The molecule has 0 saturated carbocycles. The number of benzene rings is 1. The van der Waals surface area contributed by atoms with Crippen molar-refractivity contribution < 1.29 is 12.8 Å². The Bertz CT molecular complexity index is 542. The quantitative estimate of drug-likeness (QED) is 0.828. The number of sulfonamides is 1. The summed E-state index contributed by atoms with van der Waals surface area (Å²) >= 11 is 5.81. The van der Waals surface area contributed by atoms with Gasteiger partial charge in [0.1, 0.15) is 10.7 Å². The van der Waals surface area contributed by atoms with E-state index in [1.165, 1.54) is 10.4 Å². The monoisotopic (exact) mass is 292 g/mol. The molecule has 0 bridgehead atoms. The van der Waals surface area contributed by atoms with Crippen molar-refractivity contribution >= 4 is 21.6 Å². The first-order chi connectivity index (χ1) is 8.41. The molecule has 0 atom stereocenters. The first-order valence-corrected chi connectivity index (χ1v) is 7.37. The Labute approximate surface area is 111 Å². The van der Waals surface area contributed by atoms with Crippen LogP contribution in [0.3, 0.4) is 0 Å². The summed E-state index contributed by atoms with van der Waals surface area (Å²) in [5, 5.41) is -0.0751. The zero-order chi connectivity index (χ0) is 13.3. The molecule has 7 heteroatoms. The van der Waals surface area contributed by atoms with Gasteiger partial charge in [0, 0.05) is 26.2 Å². The van der Waals surface area contributed by atoms with Crippen LogP contribution in [0.1, 0.15) is 0 Å². The van der Waals surface area contributed by atoms with E-state index in [4.69, 9.17) is 11.6 Å². The van der Waals surface area contributed by atoms with Crippen molar-refractivity contribution in [3.63, 3.8) is 0 Å². The summed E-state index contributed by atoms with van der Waals surface area (Å²) in [7, 11) is -1.69. The first kappa shape index (κ1) is 13.7. The molecule has 0 amide bonds. The summed E-state index contributed by atoms with van der Waals surface area (Å²) < 4.78 is 39.0. The van der Waals surface area contributed by atoms with E-state index >= 15 is 0 Å². The van der Waals surface area contributed by atoms with Gasteiger partial charge in [-0.2, -0.15) is 4.31 Å². The second-order valence-electron chi connectivity index (χ2n) is 4.28. The van der Waals surface area contributed by atoms with E-state index in [1.54, 1.807) is 0 Å². The van der Waals surface area contributed by atoms with Gasteiger partial charge in [-0.1, -0.05) is 11.6 Å². The molecule has 1 aromatic carbocycles. The lowest BCUT2D eigenvalue weighted by Gasteiger charge is -2.31. The Morgan fingerprint density at radius 2 is 1.83 bits per heavy atom. The van der Waals surface area contributed by atoms with Crippen LogP contribution >= 0.6 is 11.6 Å². The Balaban J connectivity index is 2.30. The minimum atomic E-state index is -3.62. The molecule has 1 saturated heterocycles. The minimum absolute atomic E-state index is 0.0323. The van der Waals surface area contributed by atoms with Crippen LogP contribution in [0.15, 0.2) is 23.1 Å². The smallest absolute Gasteiger partial charge is 0.244 e. The normalized spacial score (nSPS) is 19.1. The molecule has 0 N–H and O–H groups in total. The maximum absolute atomic E-state index is 12.9. The Morgan fingerprint density at radius 1 is 1.22 bits per heavy atom. The fourth-order valence-electron chi connectivity index (χ4n) is 1.85. The highest BCUT2D eigenvalue weighted by Gasteiger charge is 2.29. The van der Waals surface area contributed by atoms with Gasteiger partial charge < -0.3 is 4.90 Å². The van der Waals surface area contributed by atoms with Crippen molar-refractivity contribution in [1.82, 2.24) is 9.21 Å². The number of likely N-dealkylation sites (N-methyl/N-ethyl adjacent to an activating group) is 1. The predicted octanol–water partition coefficient (Wildman–Crippen LogP) is 1.42. The second-order valence-corrected chi connectivity index (χ2v) is 6.60. The molecule has 1 fully saturated rings. The molecule has 4 nitrogen and oxygen atoms in total. The summed E-state index contributed by atoms with van der Waals surface area (Å²) in [6.45, 7) is 2.20. The van der Waals surface area contributed by atoms with E-state index in [1.807, 2.05) is 7.05 Å². The van der Waals surface area contributed by atoms with Crippen molar-refractivity contribution in [2.45, 2.75) is 4.90 Å². The van der Waals surface area contributed by atoms with Gasteiger partial charge in [0.25, 0.3) is 0 Å². The summed E-state index contributed by atoms with van der Waals surface area (Å²) in [5.74, 6) is -0.544. The van der Waals surface area contributed by atoms with Crippen molar-refractivity contribution in [3.8, 4) is 0 Å². The highest BCUT2D eigenvalue weighted by molar-refractivity contribution is 7.89. The predicted molar refractivity (Wildman–Crippen MR) is 67.7 cm³/mol. The highest BCUT2D eigenvalue weighted by Crippen LogP contribution is 2.25. The van der Waals surface area contributed by atoms with Crippen molar-refractivity contribution in [1.29, 1.82) is 0 Å². The summed E-state index contributed by atoms with van der Waals surface area (Å²) in [6, 6.07) is 3.34. The van der Waals surface area contributed by atoms with E-state index in [2.05, 4.69) is 4.90 Å². The Morgan fingerprint density at radius 3 is 2.39 bits per heavy atom. The van der Waals surface area contributed by atoms with Gasteiger partial charge in [-0.25, -0.2) is 12.8 Å². The van der Waals surface area contributed by atoms with Crippen LogP contribution in [0.4, 0.5) is 4.39 Å². The molecule has 18 heavy (non-hydrogen) atoms. The zero-order valence-corrected chi connectivity index (χ0v) is 11.5. The molecule has 0 spiro atoms. The van der Waals surface area contributed by atoms with E-state index in [9.17, 15) is 12.8 Å². The SMILES string of the molecule is CN1CCN(S(=O)(=O)c2ccc(F)cc2Cl)CC1. The van der Waals surface area contributed by atoms with Gasteiger partial charge in [-0.05, 0) is 25.2 Å². The number of hydrogen-bond donors (Lipinski definition) is 0. The lowest BCUT2D eigenvalue weighted by Crippen LogP contribution is -2.47. The van der Waals surface area contributed by atoms with Gasteiger partial charge in [0.2, 0.25) is 10.0 Å². The van der Waals surface area contributed by atoms with E-state index < -0.39 is 15.8 Å². The summed E-state index contributed by atoms with van der Waals surface area (Å²) in [4.78, 5) is 2.02. The molecule has 1 aromatic rings. The maximum Gasteiger partial charge on any atom is 0.244 e. The van der Waals surface area contributed by atoms with Crippen molar-refractivity contribution in [2.75, 3.05) is 33.2 Å². The van der Waals surface area contributed by atoms with Crippen LogP contribution in [0, 0.1) is 5.82 Å². The van der Waals surface area contributed by atoms with Crippen LogP contribution in [-0.2, 0) is 10.0 Å². The topological polar surface area (TPSA) is 40.6 Å². The van der Waals surface area contributed by atoms with Gasteiger partial charge in [0.05, 0.1) is 5.02 Å². The van der Waals surface area contributed by atoms with Gasteiger partial charge in [-0.15, -0.1) is 0 Å². The molecule has 1 aliphatic heterocycles. The van der Waals surface area contributed by atoms with Crippen LogP contribution in [-0.4, -0.2) is 50.8 Å². The molecule has 1 aliphatic rings. The van der Waals surface area contributed by atoms with Gasteiger partial charge in [-0.3, -0.25) is 0 Å². The number of halogens is 2. The standard InChI is InChI=1S/C11H14ClFN2O2S/c1-14-4-6-15(7-5-14)18(16,17)11-3-2-9(13)8-10(11)12/h2-3,8H,4-7H2,1H3. The fraction of sp³-hybridized carbons (Fsp3) is 0.455. The zero-order valence-electron chi connectivity index (χ0n) is 9.94. The lowest BCUT2D eigenvalue weighted by atomic mass is 10.3. The molecule has 0 unspecified atom stereocenters. The van der Waals surface area contributed by atoms with Gasteiger partial charge in [0.15, 0.2) is 0 Å². The van der Waals surface area contributed by atoms with Crippen molar-refractivity contribution in [3.05, 3.63) is 29.0 Å². The average molecular weight is 293 g/mol. The number of piperazine rings is 1. The maximum atomic E-state index is 12.9. The van der Waals surface area contributed by atoms with E-state index in [-0.39, 0.29) is 9.92 Å². The van der Waals surface area contributed by atoms with Crippen LogP contribution in [0.25, 0.3) is 0 Å². The molecule has 100 valence electrons. The van der Waals surface area contributed by atoms with E-state index in [0.717, 1.165) is 12.1 Å². The molecule has 1 heterocycles. The highest BCUT2D eigenvalue weighted by atomic mass is 35.5. The third-order valence-electron chi connectivity index (χ3n) is 2.97. The number of hydrogen-bond acceptors (Lipinski definition) is 3. The minimum Gasteiger partial charge on any atom is -0.304 e. The van der Waals surface area contributed by atoms with Gasteiger partial charge >= 0.3 is 0 Å². The van der Waals surface area contributed by atoms with Crippen LogP contribution in [0.5, 0.6) is 0 Å². The lowest BCUT2D eigenvalue weighted by molar-refractivity contribution is 0.222. The molecule has 0 aliphatic carbocycles. The molecular weight excluding hydrogens is 279 g/mol. The fourth-order valence-corrected chi connectivity index (χ4v) is 3.78. The largest absolute Gasteiger partial charge is 0.304 e. The molecule has 0 aromatic heterocycles. The Kier molecular flexibility index (Phi) is 3.91. The van der Waals surface area contributed by atoms with Crippen molar-refractivity contribution in [2.24, 2.45) is 0 Å². The number of rotatable bonds is 2. The summed E-state index contributed by atoms with van der Waals surface area (Å²) in [5.41, 5.74) is 0. The van der Waals surface area contributed by atoms with E-state index in [0.29, 0.717) is 26.2 Å². The summed E-state index contributed by atoms with van der Waals surface area (Å²) in [6.07, 6.45) is 0. The molecule has 0 radical (unpaired) electrons. The Hall–Kier alpha value is -0.690. The molecule has 2 rings (SSSR count). The van der Waals surface area contributed by atoms with Crippen LogP contribution < -0.4 is 0 Å². The third kappa shape index (κ3) is 2.66. The van der Waals surface area contributed by atoms with Crippen LogP contribution in [0.2, 0.25) is 5.02 Å². The number of nitrogens with zero attached hydrogens (tertiary/aromatic N) is 2. The first-order valence-electron chi connectivity index (χ1n) is 5.55.